The monoisotopic (exact) mass is 296 g/mol. The van der Waals surface area contributed by atoms with Crippen molar-refractivity contribution in [2.75, 3.05) is 0 Å². The van der Waals surface area contributed by atoms with Crippen LogP contribution in [0.15, 0.2) is 24.3 Å². The minimum atomic E-state index is 0. The SMILES string of the molecule is CC[C@@H]1CCCc2ccccc21.[C-]#[O+].[C-]#[O+].[C-]#[O+].[Cr]. The van der Waals surface area contributed by atoms with Gasteiger partial charge in [0.1, 0.15) is 0 Å². The Hall–Kier alpha value is -1.03. The van der Waals surface area contributed by atoms with Crippen molar-refractivity contribution in [1.82, 2.24) is 0 Å². The Bertz CT molecular complexity index is 368. The molecule has 0 bridgehead atoms. The molecule has 0 N–H and O–H groups in total. The van der Waals surface area contributed by atoms with Gasteiger partial charge in [0.2, 0.25) is 0 Å². The van der Waals surface area contributed by atoms with E-state index in [-0.39, 0.29) is 17.4 Å². The van der Waals surface area contributed by atoms with Crippen molar-refractivity contribution in [2.24, 2.45) is 0 Å². The zero-order valence-corrected chi connectivity index (χ0v) is 12.1. The molecule has 100 valence electrons. The first-order valence-corrected chi connectivity index (χ1v) is 5.61. The molecule has 0 aromatic heterocycles. The Morgan fingerprint density at radius 3 is 2.11 bits per heavy atom. The summed E-state index contributed by atoms with van der Waals surface area (Å²) in [5.74, 6) is 0.843. The van der Waals surface area contributed by atoms with Gasteiger partial charge in [0.05, 0.1) is 0 Å². The van der Waals surface area contributed by atoms with Gasteiger partial charge >= 0.3 is 33.9 Å². The molecule has 0 amide bonds. The van der Waals surface area contributed by atoms with E-state index in [0.717, 1.165) is 5.92 Å². The van der Waals surface area contributed by atoms with Gasteiger partial charge in [0, 0.05) is 17.4 Å². The van der Waals surface area contributed by atoms with Gasteiger partial charge in [-0.15, -0.1) is 0 Å². The summed E-state index contributed by atoms with van der Waals surface area (Å²) in [6.45, 7) is 15.8. The molecule has 0 saturated heterocycles. The Morgan fingerprint density at radius 1 is 1.05 bits per heavy atom. The largest absolute Gasteiger partial charge is 0 e. The summed E-state index contributed by atoms with van der Waals surface area (Å²) < 4.78 is 22.5. The van der Waals surface area contributed by atoms with Crippen LogP contribution < -0.4 is 0 Å². The Balaban J connectivity index is -0.000000325. The van der Waals surface area contributed by atoms with Gasteiger partial charge in [-0.3, -0.25) is 0 Å². The van der Waals surface area contributed by atoms with Crippen LogP contribution in [0.25, 0.3) is 0 Å². The van der Waals surface area contributed by atoms with Crippen LogP contribution in [0, 0.1) is 20.0 Å². The molecule has 0 spiro atoms. The number of aryl methyl sites for hydroxylation is 1. The van der Waals surface area contributed by atoms with Crippen LogP contribution in [-0.2, 0) is 37.7 Å². The summed E-state index contributed by atoms with van der Waals surface area (Å²) in [7, 11) is 0. The Kier molecular flexibility index (Phi) is 20.6. The van der Waals surface area contributed by atoms with Crippen LogP contribution in [0.1, 0.15) is 43.2 Å². The van der Waals surface area contributed by atoms with E-state index >= 15 is 0 Å². The van der Waals surface area contributed by atoms with Crippen LogP contribution in [0.5, 0.6) is 0 Å². The van der Waals surface area contributed by atoms with E-state index in [2.05, 4.69) is 51.1 Å². The van der Waals surface area contributed by atoms with Crippen molar-refractivity contribution in [2.45, 2.75) is 38.5 Å². The predicted octanol–water partition coefficient (Wildman–Crippen LogP) is 3.40. The molecule has 1 aromatic rings. The van der Waals surface area contributed by atoms with Crippen molar-refractivity contribution in [3.8, 4) is 0 Å². The molecule has 0 aliphatic heterocycles. The van der Waals surface area contributed by atoms with Crippen molar-refractivity contribution in [1.29, 1.82) is 0 Å². The summed E-state index contributed by atoms with van der Waals surface area (Å²) >= 11 is 0. The van der Waals surface area contributed by atoms with Crippen LogP contribution in [0.2, 0.25) is 0 Å². The standard InChI is InChI=1S/C12H16.3CO.Cr/c1-2-10-7-5-8-11-6-3-4-9-12(10)11;3*1-2;/h3-4,6,9-10H,2,5,7-8H2,1H3;;;;/t10-;;;;/m1..../s1. The summed E-state index contributed by atoms with van der Waals surface area (Å²) in [4.78, 5) is 0. The molecule has 0 radical (unpaired) electrons. The van der Waals surface area contributed by atoms with E-state index in [0.29, 0.717) is 0 Å². The second-order valence-corrected chi connectivity index (χ2v) is 3.70. The number of hydrogen-bond acceptors (Lipinski definition) is 0. The number of hydrogen-bond donors (Lipinski definition) is 0. The van der Waals surface area contributed by atoms with E-state index in [1.807, 2.05) is 0 Å². The third-order valence-corrected chi connectivity index (χ3v) is 2.99. The maximum Gasteiger partial charge on any atom is 0 e. The smallest absolute Gasteiger partial charge is 0 e. The van der Waals surface area contributed by atoms with Gasteiger partial charge in [-0.25, -0.2) is 0 Å². The summed E-state index contributed by atoms with van der Waals surface area (Å²) in [6, 6.07) is 8.93. The predicted molar refractivity (Wildman–Crippen MR) is 64.2 cm³/mol. The third-order valence-electron chi connectivity index (χ3n) is 2.99. The van der Waals surface area contributed by atoms with Crippen LogP contribution in [-0.4, -0.2) is 0 Å². The summed E-state index contributed by atoms with van der Waals surface area (Å²) in [5, 5.41) is 0. The molecule has 1 atom stereocenters. The summed E-state index contributed by atoms with van der Waals surface area (Å²) in [6.07, 6.45) is 5.38. The van der Waals surface area contributed by atoms with Crippen molar-refractivity contribution >= 4 is 0 Å². The fourth-order valence-corrected chi connectivity index (χ4v) is 2.28. The third kappa shape index (κ3) is 7.88. The second-order valence-electron chi connectivity index (χ2n) is 3.70. The molecule has 19 heavy (non-hydrogen) atoms. The molecule has 4 heteroatoms. The molecule has 1 aliphatic rings. The molecule has 0 saturated carbocycles. The molecule has 3 nitrogen and oxygen atoms in total. The van der Waals surface area contributed by atoms with E-state index in [1.165, 1.54) is 25.7 Å². The van der Waals surface area contributed by atoms with Crippen LogP contribution >= 0.6 is 0 Å². The van der Waals surface area contributed by atoms with Crippen molar-refractivity contribution in [3.05, 3.63) is 55.3 Å². The van der Waals surface area contributed by atoms with E-state index < -0.39 is 0 Å². The average molecular weight is 296 g/mol. The van der Waals surface area contributed by atoms with Gasteiger partial charge in [-0.1, -0.05) is 31.2 Å². The minimum Gasteiger partial charge on any atom is 0 e. The second kappa shape index (κ2) is 17.0. The molecule has 1 aromatic carbocycles. The number of fused-ring (bicyclic) bond motifs is 1. The Morgan fingerprint density at radius 2 is 1.58 bits per heavy atom. The van der Waals surface area contributed by atoms with E-state index in [4.69, 9.17) is 14.0 Å². The minimum absolute atomic E-state index is 0. The zero-order chi connectivity index (χ0) is 14.4. The van der Waals surface area contributed by atoms with Gasteiger partial charge in [0.15, 0.2) is 0 Å². The summed E-state index contributed by atoms with van der Waals surface area (Å²) in [5.41, 5.74) is 3.21. The topological polar surface area (TPSA) is 59.7 Å². The van der Waals surface area contributed by atoms with Crippen molar-refractivity contribution < 1.29 is 31.3 Å². The maximum absolute atomic E-state index is 7.50. The van der Waals surface area contributed by atoms with Gasteiger partial charge in [-0.2, -0.15) is 0 Å². The zero-order valence-electron chi connectivity index (χ0n) is 10.8. The molecule has 0 unspecified atom stereocenters. The first kappa shape index (κ1) is 23.1. The average Bonchev–Trinajstić information content (AvgIpc) is 2.52. The number of rotatable bonds is 1. The van der Waals surface area contributed by atoms with E-state index in [1.54, 1.807) is 11.1 Å². The van der Waals surface area contributed by atoms with Crippen LogP contribution in [0.3, 0.4) is 0 Å². The first-order valence-electron chi connectivity index (χ1n) is 5.61. The molecule has 0 fully saturated rings. The molecule has 2 rings (SSSR count). The molecule has 1 aliphatic carbocycles. The molecular formula is C15H16CrO3. The quantitative estimate of drug-likeness (QED) is 0.563. The molecular weight excluding hydrogens is 280 g/mol. The maximum atomic E-state index is 7.50. The normalized spacial score (nSPS) is 14.2. The Labute approximate surface area is 125 Å². The first-order chi connectivity index (χ1) is 8.92. The van der Waals surface area contributed by atoms with Gasteiger partial charge < -0.3 is 0 Å². The van der Waals surface area contributed by atoms with Gasteiger partial charge in [0.25, 0.3) is 0 Å². The fraction of sp³-hybridized carbons (Fsp3) is 0.400. The fourth-order valence-electron chi connectivity index (χ4n) is 2.28. The van der Waals surface area contributed by atoms with Crippen molar-refractivity contribution in [3.63, 3.8) is 0 Å². The number of benzene rings is 1. The van der Waals surface area contributed by atoms with Crippen LogP contribution in [0.4, 0.5) is 0 Å². The van der Waals surface area contributed by atoms with E-state index in [9.17, 15) is 0 Å². The molecule has 0 heterocycles. The van der Waals surface area contributed by atoms with Gasteiger partial charge in [-0.05, 0) is 42.7 Å².